The lowest BCUT2D eigenvalue weighted by Crippen LogP contribution is -2.55. The van der Waals surface area contributed by atoms with Gasteiger partial charge in [-0.3, -0.25) is 4.79 Å². The maximum Gasteiger partial charge on any atom is 0.233 e. The van der Waals surface area contributed by atoms with Gasteiger partial charge < -0.3 is 14.4 Å². The lowest BCUT2D eigenvalue weighted by molar-refractivity contribution is -0.130. The minimum Gasteiger partial charge on any atom is -0.497 e. The van der Waals surface area contributed by atoms with Crippen molar-refractivity contribution in [1.82, 2.24) is 0 Å². The number of nitrogens with zero attached hydrogens (tertiary/aromatic N) is 1. The average molecular weight is 323 g/mol. The van der Waals surface area contributed by atoms with Crippen molar-refractivity contribution in [3.05, 3.63) is 66.7 Å². The van der Waals surface area contributed by atoms with Gasteiger partial charge in [-0.25, -0.2) is 0 Å². The van der Waals surface area contributed by atoms with Gasteiger partial charge in [0.25, 0.3) is 0 Å². The molecule has 24 heavy (non-hydrogen) atoms. The summed E-state index contributed by atoms with van der Waals surface area (Å²) < 4.78 is 10.4. The molecule has 2 aromatic rings. The van der Waals surface area contributed by atoms with E-state index < -0.39 is 0 Å². The average Bonchev–Trinajstić information content (AvgIpc) is 2.64. The van der Waals surface area contributed by atoms with Crippen LogP contribution in [0.2, 0.25) is 0 Å². The summed E-state index contributed by atoms with van der Waals surface area (Å²) in [5, 5.41) is 0. The summed E-state index contributed by atoms with van der Waals surface area (Å²) in [7, 11) is 3.27. The van der Waals surface area contributed by atoms with Crippen molar-refractivity contribution in [2.75, 3.05) is 19.1 Å². The Morgan fingerprint density at radius 1 is 1.00 bits per heavy atom. The number of methoxy groups -OCH3 is 2. The van der Waals surface area contributed by atoms with Crippen LogP contribution in [-0.4, -0.2) is 20.1 Å². The van der Waals surface area contributed by atoms with E-state index in [-0.39, 0.29) is 17.9 Å². The first-order valence-corrected chi connectivity index (χ1v) is 7.91. The number of ether oxygens (including phenoxy) is 2. The minimum atomic E-state index is -0.0713. The van der Waals surface area contributed by atoms with Gasteiger partial charge in [-0.05, 0) is 48.4 Å². The Bertz CT molecular complexity index is 722. The first kappa shape index (κ1) is 16.1. The van der Waals surface area contributed by atoms with E-state index in [4.69, 9.17) is 9.47 Å². The van der Waals surface area contributed by atoms with Gasteiger partial charge in [0.15, 0.2) is 0 Å². The van der Waals surface area contributed by atoms with E-state index in [0.717, 1.165) is 22.7 Å². The maximum atomic E-state index is 12.6. The van der Waals surface area contributed by atoms with Crippen molar-refractivity contribution in [1.29, 1.82) is 0 Å². The molecule has 0 radical (unpaired) electrons. The molecule has 0 bridgehead atoms. The molecule has 1 amide bonds. The standard InChI is InChI=1S/C20H21NO3/c1-4-5-18-19(14-6-10-16(23-2)11-7-14)21(20(18)22)15-8-12-17(24-3)13-9-15/h4,6-13,18-19H,1,5H2,2-3H3/t18-,19+/m0/s1. The molecule has 4 nitrogen and oxygen atoms in total. The zero-order valence-corrected chi connectivity index (χ0v) is 13.9. The fourth-order valence-corrected chi connectivity index (χ4v) is 3.17. The van der Waals surface area contributed by atoms with Crippen molar-refractivity contribution < 1.29 is 14.3 Å². The van der Waals surface area contributed by atoms with Crippen LogP contribution in [0.5, 0.6) is 11.5 Å². The van der Waals surface area contributed by atoms with Gasteiger partial charge >= 0.3 is 0 Å². The molecule has 2 aromatic carbocycles. The molecule has 1 heterocycles. The molecule has 0 spiro atoms. The number of allylic oxidation sites excluding steroid dienone is 1. The van der Waals surface area contributed by atoms with Crippen molar-refractivity contribution in [2.45, 2.75) is 12.5 Å². The predicted octanol–water partition coefficient (Wildman–Crippen LogP) is 3.98. The summed E-state index contributed by atoms with van der Waals surface area (Å²) in [6.07, 6.45) is 2.48. The van der Waals surface area contributed by atoms with Crippen molar-refractivity contribution in [3.63, 3.8) is 0 Å². The number of carbonyl (C=O) groups excluding carboxylic acids is 1. The third kappa shape index (κ3) is 2.75. The molecule has 0 aliphatic carbocycles. The summed E-state index contributed by atoms with van der Waals surface area (Å²) in [5.74, 6) is 1.63. The van der Waals surface area contributed by atoms with Crippen molar-refractivity contribution in [2.24, 2.45) is 5.92 Å². The van der Waals surface area contributed by atoms with E-state index in [1.165, 1.54) is 0 Å². The van der Waals surface area contributed by atoms with Gasteiger partial charge in [-0.1, -0.05) is 18.2 Å². The van der Waals surface area contributed by atoms with Crippen LogP contribution < -0.4 is 14.4 Å². The van der Waals surface area contributed by atoms with Crippen LogP contribution in [0.25, 0.3) is 0 Å². The molecule has 4 heteroatoms. The van der Waals surface area contributed by atoms with Crippen molar-refractivity contribution >= 4 is 11.6 Å². The molecule has 0 aromatic heterocycles. The first-order valence-electron chi connectivity index (χ1n) is 7.91. The zero-order chi connectivity index (χ0) is 17.1. The van der Waals surface area contributed by atoms with E-state index in [2.05, 4.69) is 6.58 Å². The Hall–Kier alpha value is -2.75. The highest BCUT2D eigenvalue weighted by molar-refractivity contribution is 6.03. The Morgan fingerprint density at radius 3 is 2.04 bits per heavy atom. The highest BCUT2D eigenvalue weighted by Gasteiger charge is 2.47. The third-order valence-electron chi connectivity index (χ3n) is 4.44. The van der Waals surface area contributed by atoms with Crippen LogP contribution in [0.15, 0.2) is 61.2 Å². The Morgan fingerprint density at radius 2 is 1.54 bits per heavy atom. The first-order chi connectivity index (χ1) is 11.7. The number of rotatable bonds is 6. The predicted molar refractivity (Wildman–Crippen MR) is 94.5 cm³/mol. The van der Waals surface area contributed by atoms with Crippen LogP contribution in [0, 0.1) is 5.92 Å². The second kappa shape index (κ2) is 6.79. The zero-order valence-electron chi connectivity index (χ0n) is 13.9. The number of hydrogen-bond donors (Lipinski definition) is 0. The van der Waals surface area contributed by atoms with Crippen LogP contribution >= 0.6 is 0 Å². The van der Waals surface area contributed by atoms with Gasteiger partial charge in [-0.15, -0.1) is 6.58 Å². The fraction of sp³-hybridized carbons (Fsp3) is 0.250. The topological polar surface area (TPSA) is 38.8 Å². The number of benzene rings is 2. The number of β-lactam (4-membered cyclic amide) rings is 1. The molecule has 1 aliphatic rings. The number of anilines is 1. The van der Waals surface area contributed by atoms with E-state index in [0.29, 0.717) is 6.42 Å². The van der Waals surface area contributed by atoms with Crippen LogP contribution in [0.1, 0.15) is 18.0 Å². The Balaban J connectivity index is 1.93. The molecule has 0 N–H and O–H groups in total. The van der Waals surface area contributed by atoms with Gasteiger partial charge in [0.05, 0.1) is 26.2 Å². The molecular weight excluding hydrogens is 302 g/mol. The SMILES string of the molecule is C=CC[C@@H]1C(=O)N(c2ccc(OC)cc2)[C@@H]1c1ccc(OC)cc1. The van der Waals surface area contributed by atoms with Gasteiger partial charge in [0.2, 0.25) is 5.91 Å². The summed E-state index contributed by atoms with van der Waals surface area (Å²) >= 11 is 0. The number of hydrogen-bond acceptors (Lipinski definition) is 3. The summed E-state index contributed by atoms with van der Waals surface area (Å²) in [6, 6.07) is 15.5. The molecular formula is C20H21NO3. The third-order valence-corrected chi connectivity index (χ3v) is 4.44. The molecule has 124 valence electrons. The molecule has 2 atom stereocenters. The quantitative estimate of drug-likeness (QED) is 0.596. The summed E-state index contributed by atoms with van der Waals surface area (Å²) in [4.78, 5) is 14.5. The minimum absolute atomic E-state index is 0.00908. The molecule has 0 unspecified atom stereocenters. The molecule has 1 aliphatic heterocycles. The van der Waals surface area contributed by atoms with Gasteiger partial charge in [0, 0.05) is 5.69 Å². The number of amides is 1. The van der Waals surface area contributed by atoms with E-state index in [1.807, 2.05) is 59.5 Å². The molecule has 1 saturated heterocycles. The highest BCUT2D eigenvalue weighted by atomic mass is 16.5. The Kier molecular flexibility index (Phi) is 4.56. The number of carbonyl (C=O) groups is 1. The molecule has 3 rings (SSSR count). The van der Waals surface area contributed by atoms with E-state index >= 15 is 0 Å². The summed E-state index contributed by atoms with van der Waals surface area (Å²) in [5.41, 5.74) is 1.97. The lowest BCUT2D eigenvalue weighted by atomic mass is 9.79. The normalized spacial score (nSPS) is 19.6. The molecule has 1 fully saturated rings. The second-order valence-electron chi connectivity index (χ2n) is 5.76. The van der Waals surface area contributed by atoms with E-state index in [1.54, 1.807) is 14.2 Å². The monoisotopic (exact) mass is 323 g/mol. The van der Waals surface area contributed by atoms with Crippen LogP contribution in [0.4, 0.5) is 5.69 Å². The van der Waals surface area contributed by atoms with E-state index in [9.17, 15) is 4.79 Å². The maximum absolute atomic E-state index is 12.6. The smallest absolute Gasteiger partial charge is 0.233 e. The van der Waals surface area contributed by atoms with Crippen molar-refractivity contribution in [3.8, 4) is 11.5 Å². The fourth-order valence-electron chi connectivity index (χ4n) is 3.17. The lowest BCUT2D eigenvalue weighted by Gasteiger charge is -2.47. The van der Waals surface area contributed by atoms with Gasteiger partial charge in [-0.2, -0.15) is 0 Å². The van der Waals surface area contributed by atoms with Crippen LogP contribution in [0.3, 0.4) is 0 Å². The second-order valence-corrected chi connectivity index (χ2v) is 5.76. The highest BCUT2D eigenvalue weighted by Crippen LogP contribution is 2.45. The molecule has 0 saturated carbocycles. The van der Waals surface area contributed by atoms with Gasteiger partial charge in [0.1, 0.15) is 11.5 Å². The summed E-state index contributed by atoms with van der Waals surface area (Å²) in [6.45, 7) is 3.79. The largest absolute Gasteiger partial charge is 0.497 e. The Labute approximate surface area is 142 Å². The van der Waals surface area contributed by atoms with Crippen LogP contribution in [-0.2, 0) is 4.79 Å².